The normalized spacial score (nSPS) is 19.0. The van der Waals surface area contributed by atoms with Crippen LogP contribution in [0.3, 0.4) is 0 Å². The highest BCUT2D eigenvalue weighted by atomic mass is 32.1. The second kappa shape index (κ2) is 6.51. The molecule has 2 aliphatic rings. The molecule has 0 atom stereocenters. The average Bonchev–Trinajstić information content (AvgIpc) is 3.11. The first-order chi connectivity index (χ1) is 11.8. The monoisotopic (exact) mass is 347 g/mol. The third-order valence-electron chi connectivity index (χ3n) is 5.05. The van der Waals surface area contributed by atoms with Crippen LogP contribution in [0.25, 0.3) is 11.0 Å². The molecule has 2 aromatic rings. The molecule has 0 amide bonds. The third-order valence-corrected chi connectivity index (χ3v) is 5.58. The number of rotatable bonds is 3. The van der Waals surface area contributed by atoms with Gasteiger partial charge in [0.2, 0.25) is 0 Å². The molecule has 8 heteroatoms. The van der Waals surface area contributed by atoms with Gasteiger partial charge in [0.25, 0.3) is 0 Å². The van der Waals surface area contributed by atoms with Gasteiger partial charge in [0.15, 0.2) is 5.52 Å². The number of hydrogen-bond acceptors (Lipinski definition) is 7. The minimum Gasteiger partial charge on any atom is -0.370 e. The van der Waals surface area contributed by atoms with E-state index in [1.165, 1.54) is 12.8 Å². The Hall–Kier alpha value is -1.96. The largest absolute Gasteiger partial charge is 0.370 e. The number of fused-ring (bicyclic) bond motifs is 1. The summed E-state index contributed by atoms with van der Waals surface area (Å²) in [5, 5.41) is 11.8. The smallest absolute Gasteiger partial charge is 0.321 e. The standard InChI is InChI=1S/C16H21N5O2S/c22-21(23)16-13(20-9-5-2-6-10-20)11-12(14-15(16)18-24-17-14)19-7-3-1-4-8-19/h11H,1-10H2. The van der Waals surface area contributed by atoms with Gasteiger partial charge in [-0.1, -0.05) is 0 Å². The summed E-state index contributed by atoms with van der Waals surface area (Å²) in [6.45, 7) is 3.74. The van der Waals surface area contributed by atoms with Crippen molar-refractivity contribution in [3.8, 4) is 0 Å². The lowest BCUT2D eigenvalue weighted by Gasteiger charge is -2.32. The van der Waals surface area contributed by atoms with Gasteiger partial charge in [0, 0.05) is 26.2 Å². The summed E-state index contributed by atoms with van der Waals surface area (Å²) in [6.07, 6.45) is 6.95. The molecule has 2 saturated heterocycles. The van der Waals surface area contributed by atoms with Crippen LogP contribution in [-0.4, -0.2) is 39.8 Å². The van der Waals surface area contributed by atoms with Crippen LogP contribution < -0.4 is 9.80 Å². The fourth-order valence-electron chi connectivity index (χ4n) is 3.83. The van der Waals surface area contributed by atoms with Gasteiger partial charge >= 0.3 is 5.69 Å². The molecule has 128 valence electrons. The third kappa shape index (κ3) is 2.68. The lowest BCUT2D eigenvalue weighted by Crippen LogP contribution is -2.32. The number of nitro benzene ring substituents is 1. The summed E-state index contributed by atoms with van der Waals surface area (Å²) in [5.74, 6) is 0. The van der Waals surface area contributed by atoms with E-state index in [1.807, 2.05) is 6.07 Å². The zero-order valence-corrected chi connectivity index (χ0v) is 14.4. The van der Waals surface area contributed by atoms with Gasteiger partial charge in [0.05, 0.1) is 22.3 Å². The maximum absolute atomic E-state index is 11.8. The molecule has 7 nitrogen and oxygen atoms in total. The summed E-state index contributed by atoms with van der Waals surface area (Å²) in [5.41, 5.74) is 3.01. The van der Waals surface area contributed by atoms with Gasteiger partial charge in [-0.3, -0.25) is 10.1 Å². The number of piperidine rings is 2. The molecule has 2 aliphatic heterocycles. The van der Waals surface area contributed by atoms with E-state index in [0.717, 1.165) is 75.0 Å². The van der Waals surface area contributed by atoms with Crippen molar-refractivity contribution in [3.63, 3.8) is 0 Å². The van der Waals surface area contributed by atoms with Gasteiger partial charge in [-0.15, -0.1) is 0 Å². The average molecular weight is 347 g/mol. The summed E-state index contributed by atoms with van der Waals surface area (Å²) < 4.78 is 8.68. The molecular formula is C16H21N5O2S. The van der Waals surface area contributed by atoms with Crippen molar-refractivity contribution in [2.24, 2.45) is 0 Å². The lowest BCUT2D eigenvalue weighted by molar-refractivity contribution is -0.382. The minimum absolute atomic E-state index is 0.126. The van der Waals surface area contributed by atoms with E-state index in [-0.39, 0.29) is 10.6 Å². The molecule has 0 N–H and O–H groups in total. The SMILES string of the molecule is O=[N+]([O-])c1c(N2CCCCC2)cc(N2CCCCC2)c2nsnc12. The summed E-state index contributed by atoms with van der Waals surface area (Å²) in [6, 6.07) is 2.00. The Kier molecular flexibility index (Phi) is 4.22. The fraction of sp³-hybridized carbons (Fsp3) is 0.625. The molecule has 1 aromatic heterocycles. The van der Waals surface area contributed by atoms with Crippen LogP contribution >= 0.6 is 11.7 Å². The lowest BCUT2D eigenvalue weighted by atomic mass is 10.1. The predicted octanol–water partition coefficient (Wildman–Crippen LogP) is 3.58. The highest BCUT2D eigenvalue weighted by Gasteiger charge is 2.30. The van der Waals surface area contributed by atoms with Gasteiger partial charge in [-0.2, -0.15) is 8.75 Å². The Morgan fingerprint density at radius 2 is 1.42 bits per heavy atom. The molecule has 0 bridgehead atoms. The number of aromatic nitrogens is 2. The van der Waals surface area contributed by atoms with Crippen LogP contribution in [0.15, 0.2) is 6.07 Å². The van der Waals surface area contributed by atoms with Crippen LogP contribution in [0.4, 0.5) is 17.1 Å². The second-order valence-electron chi connectivity index (χ2n) is 6.58. The van der Waals surface area contributed by atoms with Crippen LogP contribution in [-0.2, 0) is 0 Å². The summed E-state index contributed by atoms with van der Waals surface area (Å²) >= 11 is 1.07. The van der Waals surface area contributed by atoms with E-state index in [0.29, 0.717) is 11.0 Å². The molecular weight excluding hydrogens is 326 g/mol. The molecule has 3 heterocycles. The Morgan fingerprint density at radius 3 is 2.00 bits per heavy atom. The highest BCUT2D eigenvalue weighted by Crippen LogP contribution is 2.42. The number of nitrogens with zero attached hydrogens (tertiary/aromatic N) is 5. The van der Waals surface area contributed by atoms with Crippen LogP contribution in [0.5, 0.6) is 0 Å². The molecule has 4 rings (SSSR count). The molecule has 24 heavy (non-hydrogen) atoms. The maximum Gasteiger partial charge on any atom is 0.321 e. The Morgan fingerprint density at radius 1 is 0.875 bits per heavy atom. The number of anilines is 2. The van der Waals surface area contributed by atoms with E-state index in [4.69, 9.17) is 0 Å². The van der Waals surface area contributed by atoms with E-state index >= 15 is 0 Å². The van der Waals surface area contributed by atoms with Gasteiger partial charge in [-0.05, 0) is 44.6 Å². The highest BCUT2D eigenvalue weighted by molar-refractivity contribution is 7.00. The van der Waals surface area contributed by atoms with Crippen molar-refractivity contribution in [2.75, 3.05) is 36.0 Å². The van der Waals surface area contributed by atoms with Crippen molar-refractivity contribution in [2.45, 2.75) is 38.5 Å². The van der Waals surface area contributed by atoms with E-state index < -0.39 is 0 Å². The zero-order chi connectivity index (χ0) is 16.5. The van der Waals surface area contributed by atoms with Crippen molar-refractivity contribution >= 4 is 39.8 Å². The van der Waals surface area contributed by atoms with E-state index in [2.05, 4.69) is 18.5 Å². The molecule has 0 radical (unpaired) electrons. The molecule has 0 saturated carbocycles. The van der Waals surface area contributed by atoms with Crippen LogP contribution in [0, 0.1) is 10.1 Å². The first-order valence-electron chi connectivity index (χ1n) is 8.69. The quantitative estimate of drug-likeness (QED) is 0.624. The van der Waals surface area contributed by atoms with Crippen molar-refractivity contribution < 1.29 is 4.92 Å². The number of benzene rings is 1. The van der Waals surface area contributed by atoms with Crippen LogP contribution in [0.1, 0.15) is 38.5 Å². The maximum atomic E-state index is 11.8. The summed E-state index contributed by atoms with van der Waals surface area (Å²) in [7, 11) is 0. The van der Waals surface area contributed by atoms with Crippen molar-refractivity contribution in [3.05, 3.63) is 16.2 Å². The topological polar surface area (TPSA) is 75.4 Å². The second-order valence-corrected chi connectivity index (χ2v) is 7.11. The van der Waals surface area contributed by atoms with E-state index in [1.54, 1.807) is 0 Å². The predicted molar refractivity (Wildman–Crippen MR) is 96.2 cm³/mol. The summed E-state index contributed by atoms with van der Waals surface area (Å²) in [4.78, 5) is 16.0. The minimum atomic E-state index is -0.284. The van der Waals surface area contributed by atoms with Crippen molar-refractivity contribution in [1.29, 1.82) is 0 Å². The first-order valence-corrected chi connectivity index (χ1v) is 9.42. The zero-order valence-electron chi connectivity index (χ0n) is 13.6. The Balaban J connectivity index is 1.88. The first kappa shape index (κ1) is 15.6. The molecule has 0 spiro atoms. The number of nitro groups is 1. The molecule has 1 aromatic carbocycles. The fourth-order valence-corrected chi connectivity index (χ4v) is 4.39. The Labute approximate surface area is 144 Å². The van der Waals surface area contributed by atoms with Crippen LogP contribution in [0.2, 0.25) is 0 Å². The number of hydrogen-bond donors (Lipinski definition) is 0. The van der Waals surface area contributed by atoms with Crippen molar-refractivity contribution in [1.82, 2.24) is 8.75 Å². The van der Waals surface area contributed by atoms with Gasteiger partial charge in [0.1, 0.15) is 11.2 Å². The molecule has 0 aliphatic carbocycles. The molecule has 2 fully saturated rings. The van der Waals surface area contributed by atoms with Gasteiger partial charge < -0.3 is 9.80 Å². The van der Waals surface area contributed by atoms with E-state index in [9.17, 15) is 10.1 Å². The Bertz CT molecular complexity index is 750. The molecule has 0 unspecified atom stereocenters. The van der Waals surface area contributed by atoms with Gasteiger partial charge in [-0.25, -0.2) is 0 Å².